The van der Waals surface area contributed by atoms with Crippen LogP contribution in [0, 0.1) is 0 Å². The summed E-state index contributed by atoms with van der Waals surface area (Å²) >= 11 is 0. The second kappa shape index (κ2) is 5.51. The van der Waals surface area contributed by atoms with Gasteiger partial charge in [0.2, 0.25) is 10.0 Å². The van der Waals surface area contributed by atoms with Gasteiger partial charge >= 0.3 is 0 Å². The first-order valence-corrected chi connectivity index (χ1v) is 7.31. The average molecular weight is 296 g/mol. The Morgan fingerprint density at radius 3 is 2.65 bits per heavy atom. The number of nitrogens with zero attached hydrogens (tertiary/aromatic N) is 2. The Balaban J connectivity index is 2.18. The molecule has 0 bridgehead atoms. The van der Waals surface area contributed by atoms with Crippen molar-refractivity contribution in [3.05, 3.63) is 36.2 Å². The summed E-state index contributed by atoms with van der Waals surface area (Å²) in [4.78, 5) is 0.158. The van der Waals surface area contributed by atoms with Crippen molar-refractivity contribution >= 4 is 21.4 Å². The minimum absolute atomic E-state index is 0.158. The maximum atomic E-state index is 12.0. The highest BCUT2D eigenvalue weighted by Crippen LogP contribution is 2.24. The van der Waals surface area contributed by atoms with Crippen molar-refractivity contribution in [2.75, 3.05) is 25.1 Å². The molecular weight excluding hydrogens is 280 g/mol. The van der Waals surface area contributed by atoms with E-state index in [1.54, 1.807) is 18.3 Å². The van der Waals surface area contributed by atoms with E-state index in [0.29, 0.717) is 23.7 Å². The van der Waals surface area contributed by atoms with Crippen molar-refractivity contribution in [1.82, 2.24) is 9.46 Å². The van der Waals surface area contributed by atoms with Crippen molar-refractivity contribution in [2.24, 2.45) is 0 Å². The molecule has 0 amide bonds. The SMILES string of the molecule is CN(C)S(=O)(=O)c1ccc(NCc2ccno2)c(N)c1. The molecule has 0 radical (unpaired) electrons. The van der Waals surface area contributed by atoms with E-state index in [9.17, 15) is 8.42 Å². The Hall–Kier alpha value is -2.06. The van der Waals surface area contributed by atoms with Crippen molar-refractivity contribution in [3.63, 3.8) is 0 Å². The Bertz CT molecular complexity index is 681. The Morgan fingerprint density at radius 1 is 1.35 bits per heavy atom. The summed E-state index contributed by atoms with van der Waals surface area (Å²) in [5.41, 5.74) is 6.86. The zero-order chi connectivity index (χ0) is 14.8. The van der Waals surface area contributed by atoms with Gasteiger partial charge in [0, 0.05) is 20.2 Å². The van der Waals surface area contributed by atoms with Crippen molar-refractivity contribution in [2.45, 2.75) is 11.4 Å². The highest BCUT2D eigenvalue weighted by Gasteiger charge is 2.18. The maximum Gasteiger partial charge on any atom is 0.242 e. The normalized spacial score (nSPS) is 11.8. The molecule has 0 aliphatic carbocycles. The van der Waals surface area contributed by atoms with Gasteiger partial charge in [0.05, 0.1) is 29.0 Å². The van der Waals surface area contributed by atoms with Crippen LogP contribution in [-0.4, -0.2) is 32.0 Å². The van der Waals surface area contributed by atoms with Crippen molar-refractivity contribution in [3.8, 4) is 0 Å². The monoisotopic (exact) mass is 296 g/mol. The number of benzene rings is 1. The number of sulfonamides is 1. The van der Waals surface area contributed by atoms with Crippen LogP contribution in [0.25, 0.3) is 0 Å². The van der Waals surface area contributed by atoms with E-state index in [4.69, 9.17) is 10.3 Å². The number of nitrogen functional groups attached to an aromatic ring is 1. The second-order valence-electron chi connectivity index (χ2n) is 4.37. The van der Waals surface area contributed by atoms with Gasteiger partial charge in [-0.15, -0.1) is 0 Å². The third-order valence-electron chi connectivity index (χ3n) is 2.75. The molecule has 0 unspecified atom stereocenters. The maximum absolute atomic E-state index is 12.0. The zero-order valence-corrected chi connectivity index (χ0v) is 12.0. The molecule has 108 valence electrons. The second-order valence-corrected chi connectivity index (χ2v) is 6.52. The van der Waals surface area contributed by atoms with Crippen LogP contribution < -0.4 is 11.1 Å². The lowest BCUT2D eigenvalue weighted by atomic mass is 10.2. The summed E-state index contributed by atoms with van der Waals surface area (Å²) in [6, 6.07) is 6.29. The van der Waals surface area contributed by atoms with Gasteiger partial charge < -0.3 is 15.6 Å². The van der Waals surface area contributed by atoms with Crippen LogP contribution >= 0.6 is 0 Å². The molecule has 1 heterocycles. The van der Waals surface area contributed by atoms with E-state index < -0.39 is 10.0 Å². The van der Waals surface area contributed by atoms with Gasteiger partial charge in [0.25, 0.3) is 0 Å². The molecule has 1 aromatic carbocycles. The lowest BCUT2D eigenvalue weighted by Gasteiger charge is -2.13. The van der Waals surface area contributed by atoms with Crippen LogP contribution in [0.4, 0.5) is 11.4 Å². The number of rotatable bonds is 5. The van der Waals surface area contributed by atoms with Crippen molar-refractivity contribution in [1.29, 1.82) is 0 Å². The first kappa shape index (κ1) is 14.4. The highest BCUT2D eigenvalue weighted by atomic mass is 32.2. The first-order valence-electron chi connectivity index (χ1n) is 5.87. The minimum atomic E-state index is -3.48. The molecule has 0 saturated carbocycles. The molecule has 1 aromatic heterocycles. The fourth-order valence-corrected chi connectivity index (χ4v) is 2.53. The van der Waals surface area contributed by atoms with Gasteiger partial charge in [0.15, 0.2) is 5.76 Å². The topological polar surface area (TPSA) is 101 Å². The Morgan fingerprint density at radius 2 is 2.10 bits per heavy atom. The number of hydrogen-bond acceptors (Lipinski definition) is 6. The molecular formula is C12H16N4O3S. The zero-order valence-electron chi connectivity index (χ0n) is 11.2. The molecule has 3 N–H and O–H groups in total. The summed E-state index contributed by atoms with van der Waals surface area (Å²) in [7, 11) is -0.530. The predicted octanol–water partition coefficient (Wildman–Crippen LogP) is 1.12. The minimum Gasteiger partial charge on any atom is -0.397 e. The summed E-state index contributed by atoms with van der Waals surface area (Å²) < 4.78 is 30.0. The van der Waals surface area contributed by atoms with Gasteiger partial charge in [-0.2, -0.15) is 0 Å². The van der Waals surface area contributed by atoms with Crippen molar-refractivity contribution < 1.29 is 12.9 Å². The fourth-order valence-electron chi connectivity index (χ4n) is 1.59. The van der Waals surface area contributed by atoms with Gasteiger partial charge in [-0.05, 0) is 18.2 Å². The summed E-state index contributed by atoms with van der Waals surface area (Å²) in [5, 5.41) is 6.65. The molecule has 0 fully saturated rings. The van der Waals surface area contributed by atoms with Crippen LogP contribution in [-0.2, 0) is 16.6 Å². The molecule has 0 saturated heterocycles. The highest BCUT2D eigenvalue weighted by molar-refractivity contribution is 7.89. The van der Waals surface area contributed by atoms with E-state index in [0.717, 1.165) is 4.31 Å². The average Bonchev–Trinajstić information content (AvgIpc) is 2.90. The van der Waals surface area contributed by atoms with Crippen LogP contribution in [0.15, 0.2) is 39.9 Å². The fraction of sp³-hybridized carbons (Fsp3) is 0.250. The summed E-state index contributed by atoms with van der Waals surface area (Å²) in [6.45, 7) is 0.421. The quantitative estimate of drug-likeness (QED) is 0.802. The van der Waals surface area contributed by atoms with Gasteiger partial charge in [-0.3, -0.25) is 0 Å². The number of anilines is 2. The largest absolute Gasteiger partial charge is 0.397 e. The van der Waals surface area contributed by atoms with Crippen LogP contribution in [0.1, 0.15) is 5.76 Å². The van der Waals surface area contributed by atoms with E-state index >= 15 is 0 Å². The van der Waals surface area contributed by atoms with E-state index in [-0.39, 0.29) is 4.90 Å². The molecule has 0 atom stereocenters. The van der Waals surface area contributed by atoms with Crippen LogP contribution in [0.5, 0.6) is 0 Å². The first-order chi connectivity index (χ1) is 9.41. The van der Waals surface area contributed by atoms with E-state index in [1.807, 2.05) is 0 Å². The Kier molecular flexibility index (Phi) is 3.96. The van der Waals surface area contributed by atoms with E-state index in [1.165, 1.54) is 26.2 Å². The summed E-state index contributed by atoms with van der Waals surface area (Å²) in [6.07, 6.45) is 1.55. The number of nitrogens with two attached hydrogens (primary N) is 1. The van der Waals surface area contributed by atoms with Gasteiger partial charge in [-0.1, -0.05) is 5.16 Å². The van der Waals surface area contributed by atoms with Gasteiger partial charge in [0.1, 0.15) is 0 Å². The number of hydrogen-bond donors (Lipinski definition) is 2. The molecule has 0 spiro atoms. The molecule has 2 rings (SSSR count). The molecule has 20 heavy (non-hydrogen) atoms. The molecule has 0 aliphatic rings. The predicted molar refractivity (Wildman–Crippen MR) is 75.6 cm³/mol. The van der Waals surface area contributed by atoms with E-state index in [2.05, 4.69) is 10.5 Å². The van der Waals surface area contributed by atoms with Crippen LogP contribution in [0.2, 0.25) is 0 Å². The molecule has 7 nitrogen and oxygen atoms in total. The third-order valence-corrected chi connectivity index (χ3v) is 4.56. The third kappa shape index (κ3) is 2.91. The molecule has 0 aliphatic heterocycles. The summed E-state index contributed by atoms with van der Waals surface area (Å²) in [5.74, 6) is 0.661. The lowest BCUT2D eigenvalue weighted by molar-refractivity contribution is 0.388. The smallest absolute Gasteiger partial charge is 0.242 e. The molecule has 2 aromatic rings. The number of aromatic nitrogens is 1. The molecule has 8 heteroatoms. The number of nitrogens with one attached hydrogen (secondary N) is 1. The lowest BCUT2D eigenvalue weighted by Crippen LogP contribution is -2.22. The van der Waals surface area contributed by atoms with Gasteiger partial charge in [-0.25, -0.2) is 12.7 Å². The standard InChI is InChI=1S/C12H16N4O3S/c1-16(2)20(17,18)10-3-4-12(11(13)7-10)14-8-9-5-6-15-19-9/h3-7,14H,8,13H2,1-2H3. The van der Waals surface area contributed by atoms with Crippen LogP contribution in [0.3, 0.4) is 0 Å². The Labute approximate surface area is 117 Å².